The Labute approximate surface area is 89.3 Å². The molecule has 0 bridgehead atoms. The first-order valence-electron chi connectivity index (χ1n) is 4.66. The van der Waals surface area contributed by atoms with Crippen LogP contribution in [-0.2, 0) is 10.0 Å². The molecule has 0 spiro atoms. The summed E-state index contributed by atoms with van der Waals surface area (Å²) in [5, 5.41) is 3.89. The van der Waals surface area contributed by atoms with E-state index in [1.54, 1.807) is 6.21 Å². The zero-order valence-corrected chi connectivity index (χ0v) is 9.18. The first kappa shape index (κ1) is 10.2. The summed E-state index contributed by atoms with van der Waals surface area (Å²) in [7, 11) is -3.26. The lowest BCUT2D eigenvalue weighted by atomic mass is 10.1. The molecule has 0 amide bonds. The smallest absolute Gasteiger partial charge is 0.205 e. The van der Waals surface area contributed by atoms with Crippen LogP contribution in [0.5, 0.6) is 0 Å². The Morgan fingerprint density at radius 3 is 2.60 bits per heavy atom. The standard InChI is InChI=1S/C10H12N2O2S/c1-15(13,14)12-10(7-8-11-12)9-5-3-2-4-6-9/h2-6,8,10H,7H2,1H3. The highest BCUT2D eigenvalue weighted by Crippen LogP contribution is 2.29. The van der Waals surface area contributed by atoms with Crippen LogP contribution in [-0.4, -0.2) is 25.3 Å². The Morgan fingerprint density at radius 2 is 2.00 bits per heavy atom. The monoisotopic (exact) mass is 224 g/mol. The molecule has 1 aromatic carbocycles. The fourth-order valence-electron chi connectivity index (χ4n) is 1.65. The molecular formula is C10H12N2O2S. The maximum Gasteiger partial charge on any atom is 0.247 e. The average molecular weight is 224 g/mol. The topological polar surface area (TPSA) is 49.7 Å². The zero-order valence-electron chi connectivity index (χ0n) is 8.37. The van der Waals surface area contributed by atoms with E-state index < -0.39 is 10.0 Å². The van der Waals surface area contributed by atoms with E-state index in [0.717, 1.165) is 5.56 Å². The highest BCUT2D eigenvalue weighted by Gasteiger charge is 2.29. The van der Waals surface area contributed by atoms with Gasteiger partial charge in [-0.1, -0.05) is 30.3 Å². The minimum atomic E-state index is -3.26. The van der Waals surface area contributed by atoms with Gasteiger partial charge in [-0.15, -0.1) is 0 Å². The zero-order chi connectivity index (χ0) is 10.9. The minimum absolute atomic E-state index is 0.179. The van der Waals surface area contributed by atoms with E-state index in [-0.39, 0.29) is 6.04 Å². The molecule has 1 aliphatic heterocycles. The Balaban J connectivity index is 2.33. The van der Waals surface area contributed by atoms with Crippen molar-refractivity contribution in [1.82, 2.24) is 4.41 Å². The molecule has 1 atom stereocenters. The van der Waals surface area contributed by atoms with Crippen LogP contribution in [0.1, 0.15) is 18.0 Å². The Bertz CT molecular complexity index is 467. The van der Waals surface area contributed by atoms with Crippen molar-refractivity contribution >= 4 is 16.2 Å². The summed E-state index contributed by atoms with van der Waals surface area (Å²) in [6.45, 7) is 0. The molecule has 0 fully saturated rings. The molecule has 2 rings (SSSR count). The van der Waals surface area contributed by atoms with Crippen molar-refractivity contribution in [3.05, 3.63) is 35.9 Å². The second-order valence-corrected chi connectivity index (χ2v) is 5.34. The lowest BCUT2D eigenvalue weighted by Gasteiger charge is -2.21. The summed E-state index contributed by atoms with van der Waals surface area (Å²) in [6.07, 6.45) is 3.45. The van der Waals surface area contributed by atoms with Crippen LogP contribution in [0.3, 0.4) is 0 Å². The molecule has 0 saturated heterocycles. The van der Waals surface area contributed by atoms with Gasteiger partial charge in [-0.05, 0) is 5.56 Å². The molecule has 5 heteroatoms. The summed E-state index contributed by atoms with van der Waals surface area (Å²) >= 11 is 0. The maximum atomic E-state index is 11.4. The SMILES string of the molecule is CS(=O)(=O)N1N=CCC1c1ccccc1. The quantitative estimate of drug-likeness (QED) is 0.762. The second kappa shape index (κ2) is 3.66. The molecule has 4 nitrogen and oxygen atoms in total. The molecule has 0 aromatic heterocycles. The number of rotatable bonds is 2. The van der Waals surface area contributed by atoms with E-state index in [1.165, 1.54) is 10.7 Å². The van der Waals surface area contributed by atoms with Crippen LogP contribution in [0.25, 0.3) is 0 Å². The Morgan fingerprint density at radius 1 is 1.33 bits per heavy atom. The first-order valence-corrected chi connectivity index (χ1v) is 6.50. The van der Waals surface area contributed by atoms with Crippen molar-refractivity contribution < 1.29 is 8.42 Å². The molecular weight excluding hydrogens is 212 g/mol. The van der Waals surface area contributed by atoms with Gasteiger partial charge in [0.25, 0.3) is 0 Å². The lowest BCUT2D eigenvalue weighted by Crippen LogP contribution is -2.25. The van der Waals surface area contributed by atoms with Crippen molar-refractivity contribution in [2.75, 3.05) is 6.26 Å². The molecule has 0 N–H and O–H groups in total. The van der Waals surface area contributed by atoms with Crippen molar-refractivity contribution in [1.29, 1.82) is 0 Å². The van der Waals surface area contributed by atoms with Crippen LogP contribution >= 0.6 is 0 Å². The summed E-state index contributed by atoms with van der Waals surface area (Å²) in [5.41, 5.74) is 0.973. The van der Waals surface area contributed by atoms with Crippen LogP contribution in [0.4, 0.5) is 0 Å². The van der Waals surface area contributed by atoms with Gasteiger partial charge in [-0.2, -0.15) is 9.52 Å². The molecule has 1 unspecified atom stereocenters. The van der Waals surface area contributed by atoms with Gasteiger partial charge < -0.3 is 0 Å². The van der Waals surface area contributed by atoms with Gasteiger partial charge in [0.05, 0.1) is 12.3 Å². The van der Waals surface area contributed by atoms with Crippen LogP contribution in [0, 0.1) is 0 Å². The van der Waals surface area contributed by atoms with Gasteiger partial charge in [-0.3, -0.25) is 0 Å². The van der Waals surface area contributed by atoms with E-state index in [0.29, 0.717) is 6.42 Å². The van der Waals surface area contributed by atoms with Crippen molar-refractivity contribution in [2.24, 2.45) is 5.10 Å². The maximum absolute atomic E-state index is 11.4. The first-order chi connectivity index (χ1) is 7.09. The van der Waals surface area contributed by atoms with Gasteiger partial charge >= 0.3 is 0 Å². The van der Waals surface area contributed by atoms with Crippen molar-refractivity contribution in [3.63, 3.8) is 0 Å². The summed E-state index contributed by atoms with van der Waals surface area (Å²) < 4.78 is 24.0. The third-order valence-corrected chi connectivity index (χ3v) is 3.34. The Hall–Kier alpha value is -1.36. The third-order valence-electron chi connectivity index (χ3n) is 2.31. The lowest BCUT2D eigenvalue weighted by molar-refractivity contribution is 0.375. The molecule has 1 aliphatic rings. The number of hydrogen-bond donors (Lipinski definition) is 0. The van der Waals surface area contributed by atoms with Gasteiger partial charge in [-0.25, -0.2) is 8.42 Å². The molecule has 0 radical (unpaired) electrons. The van der Waals surface area contributed by atoms with E-state index in [2.05, 4.69) is 5.10 Å². The largest absolute Gasteiger partial charge is 0.247 e. The Kier molecular flexibility index (Phi) is 2.48. The van der Waals surface area contributed by atoms with Crippen molar-refractivity contribution in [2.45, 2.75) is 12.5 Å². The number of sulfonamides is 1. The predicted molar refractivity (Wildman–Crippen MR) is 59.0 cm³/mol. The number of nitrogens with zero attached hydrogens (tertiary/aromatic N) is 2. The summed E-state index contributed by atoms with van der Waals surface area (Å²) in [5.74, 6) is 0. The van der Waals surface area contributed by atoms with E-state index in [4.69, 9.17) is 0 Å². The molecule has 0 saturated carbocycles. The summed E-state index contributed by atoms with van der Waals surface area (Å²) in [4.78, 5) is 0. The normalized spacial score (nSPS) is 20.9. The van der Waals surface area contributed by atoms with Crippen LogP contribution < -0.4 is 0 Å². The van der Waals surface area contributed by atoms with Gasteiger partial charge in [0.1, 0.15) is 0 Å². The summed E-state index contributed by atoms with van der Waals surface area (Å²) in [6, 6.07) is 9.35. The second-order valence-electron chi connectivity index (χ2n) is 3.50. The van der Waals surface area contributed by atoms with Gasteiger partial charge in [0, 0.05) is 12.6 Å². The number of hydrogen-bond acceptors (Lipinski definition) is 3. The van der Waals surface area contributed by atoms with E-state index >= 15 is 0 Å². The van der Waals surface area contributed by atoms with Gasteiger partial charge in [0.15, 0.2) is 0 Å². The third kappa shape index (κ3) is 2.02. The molecule has 15 heavy (non-hydrogen) atoms. The fraction of sp³-hybridized carbons (Fsp3) is 0.300. The molecule has 0 aliphatic carbocycles. The van der Waals surface area contributed by atoms with E-state index in [9.17, 15) is 8.42 Å². The molecule has 80 valence electrons. The number of benzene rings is 1. The predicted octanol–water partition coefficient (Wildman–Crippen LogP) is 1.38. The van der Waals surface area contributed by atoms with Crippen LogP contribution in [0.2, 0.25) is 0 Å². The van der Waals surface area contributed by atoms with E-state index in [1.807, 2.05) is 30.3 Å². The van der Waals surface area contributed by atoms with Crippen LogP contribution in [0.15, 0.2) is 35.4 Å². The molecule has 1 aromatic rings. The van der Waals surface area contributed by atoms with Gasteiger partial charge in [0.2, 0.25) is 10.0 Å². The minimum Gasteiger partial charge on any atom is -0.205 e. The molecule has 1 heterocycles. The van der Waals surface area contributed by atoms with Crippen molar-refractivity contribution in [3.8, 4) is 0 Å². The average Bonchev–Trinajstić information content (AvgIpc) is 2.67. The highest BCUT2D eigenvalue weighted by atomic mass is 32.2. The fourth-order valence-corrected chi connectivity index (χ4v) is 2.56. The number of hydrazone groups is 1. The highest BCUT2D eigenvalue weighted by molar-refractivity contribution is 7.88.